The standard InChI is InChI=1S/C12H20N2/c1-2-4-8-11(7-3-1)14-12-9-5-6-10-13-12/h5-6,9-14H,1-4,7-8H2. The van der Waals surface area contributed by atoms with Gasteiger partial charge in [-0.1, -0.05) is 31.8 Å². The molecule has 1 aliphatic carbocycles. The molecule has 2 nitrogen and oxygen atoms in total. The zero-order valence-electron chi connectivity index (χ0n) is 8.71. The maximum Gasteiger partial charge on any atom is 0.0961 e. The minimum absolute atomic E-state index is 0.350. The molecule has 1 fully saturated rings. The highest BCUT2D eigenvalue weighted by molar-refractivity contribution is 5.11. The summed E-state index contributed by atoms with van der Waals surface area (Å²) in [6.45, 7) is 0. The van der Waals surface area contributed by atoms with Crippen molar-refractivity contribution < 1.29 is 0 Å². The van der Waals surface area contributed by atoms with Crippen molar-refractivity contribution in [2.24, 2.45) is 0 Å². The fourth-order valence-corrected chi connectivity index (χ4v) is 2.25. The molecule has 1 unspecified atom stereocenters. The number of allylic oxidation sites excluding steroid dienone is 2. The number of rotatable bonds is 2. The first-order valence-electron chi connectivity index (χ1n) is 5.80. The molecule has 0 radical (unpaired) electrons. The largest absolute Gasteiger partial charge is 0.372 e. The summed E-state index contributed by atoms with van der Waals surface area (Å²) in [5, 5.41) is 6.96. The molecule has 0 saturated heterocycles. The Labute approximate surface area is 86.5 Å². The van der Waals surface area contributed by atoms with Gasteiger partial charge in [-0.2, -0.15) is 0 Å². The van der Waals surface area contributed by atoms with Gasteiger partial charge in [-0.15, -0.1) is 0 Å². The second-order valence-electron chi connectivity index (χ2n) is 4.24. The first-order valence-corrected chi connectivity index (χ1v) is 5.80. The second kappa shape index (κ2) is 5.20. The van der Waals surface area contributed by atoms with E-state index in [0.29, 0.717) is 12.2 Å². The topological polar surface area (TPSA) is 24.1 Å². The Morgan fingerprint density at radius 2 is 1.79 bits per heavy atom. The summed E-state index contributed by atoms with van der Waals surface area (Å²) >= 11 is 0. The summed E-state index contributed by atoms with van der Waals surface area (Å²) in [6.07, 6.45) is 17.0. The Bertz CT molecular complexity index is 212. The van der Waals surface area contributed by atoms with Crippen molar-refractivity contribution in [1.82, 2.24) is 10.6 Å². The van der Waals surface area contributed by atoms with Gasteiger partial charge in [0.05, 0.1) is 6.17 Å². The lowest BCUT2D eigenvalue weighted by atomic mass is 10.1. The minimum atomic E-state index is 0.350. The Morgan fingerprint density at radius 1 is 1.00 bits per heavy atom. The molecule has 2 aliphatic rings. The molecule has 2 rings (SSSR count). The van der Waals surface area contributed by atoms with Crippen molar-refractivity contribution in [2.75, 3.05) is 0 Å². The van der Waals surface area contributed by atoms with E-state index in [-0.39, 0.29) is 0 Å². The lowest BCUT2D eigenvalue weighted by Crippen LogP contribution is -2.44. The van der Waals surface area contributed by atoms with Crippen LogP contribution in [0.1, 0.15) is 38.5 Å². The molecule has 2 heteroatoms. The van der Waals surface area contributed by atoms with E-state index >= 15 is 0 Å². The predicted octanol–water partition coefficient (Wildman–Crippen LogP) is 2.30. The molecular formula is C12H20N2. The Hall–Kier alpha value is -0.760. The third-order valence-corrected chi connectivity index (χ3v) is 3.06. The van der Waals surface area contributed by atoms with Gasteiger partial charge in [-0.05, 0) is 31.2 Å². The van der Waals surface area contributed by atoms with Crippen LogP contribution in [0, 0.1) is 0 Å². The first kappa shape index (κ1) is 9.78. The Morgan fingerprint density at radius 3 is 2.43 bits per heavy atom. The highest BCUT2D eigenvalue weighted by Gasteiger charge is 2.14. The maximum absolute atomic E-state index is 3.65. The monoisotopic (exact) mass is 192 g/mol. The van der Waals surface area contributed by atoms with Crippen LogP contribution in [0.2, 0.25) is 0 Å². The summed E-state index contributed by atoms with van der Waals surface area (Å²) in [6, 6.07) is 0.714. The van der Waals surface area contributed by atoms with E-state index in [2.05, 4.69) is 22.8 Å². The minimum Gasteiger partial charge on any atom is -0.372 e. The van der Waals surface area contributed by atoms with Gasteiger partial charge in [-0.25, -0.2) is 0 Å². The molecule has 1 atom stereocenters. The molecule has 1 heterocycles. The molecule has 1 aliphatic heterocycles. The van der Waals surface area contributed by atoms with Crippen molar-refractivity contribution in [2.45, 2.75) is 50.7 Å². The summed E-state index contributed by atoms with van der Waals surface area (Å²) in [4.78, 5) is 0. The van der Waals surface area contributed by atoms with E-state index in [1.54, 1.807) is 0 Å². The molecular weight excluding hydrogens is 172 g/mol. The summed E-state index contributed by atoms with van der Waals surface area (Å²) in [5.41, 5.74) is 0. The molecule has 0 aromatic carbocycles. The number of hydrogen-bond acceptors (Lipinski definition) is 2. The maximum atomic E-state index is 3.65. The van der Waals surface area contributed by atoms with E-state index in [1.807, 2.05) is 12.3 Å². The summed E-state index contributed by atoms with van der Waals surface area (Å²) < 4.78 is 0. The van der Waals surface area contributed by atoms with Gasteiger partial charge in [0.15, 0.2) is 0 Å². The predicted molar refractivity (Wildman–Crippen MR) is 59.8 cm³/mol. The third kappa shape index (κ3) is 2.88. The summed E-state index contributed by atoms with van der Waals surface area (Å²) in [7, 11) is 0. The highest BCUT2D eigenvalue weighted by atomic mass is 15.1. The average Bonchev–Trinajstić information content (AvgIpc) is 2.48. The third-order valence-electron chi connectivity index (χ3n) is 3.06. The van der Waals surface area contributed by atoms with Crippen molar-refractivity contribution in [3.63, 3.8) is 0 Å². The van der Waals surface area contributed by atoms with E-state index in [4.69, 9.17) is 0 Å². The molecule has 0 amide bonds. The second-order valence-corrected chi connectivity index (χ2v) is 4.24. The molecule has 14 heavy (non-hydrogen) atoms. The molecule has 2 N–H and O–H groups in total. The number of dihydropyridines is 1. The highest BCUT2D eigenvalue weighted by Crippen LogP contribution is 2.17. The van der Waals surface area contributed by atoms with Crippen molar-refractivity contribution >= 4 is 0 Å². The molecule has 1 saturated carbocycles. The van der Waals surface area contributed by atoms with Crippen molar-refractivity contribution in [1.29, 1.82) is 0 Å². The van der Waals surface area contributed by atoms with E-state index in [1.165, 1.54) is 38.5 Å². The zero-order valence-corrected chi connectivity index (χ0v) is 8.71. The summed E-state index contributed by atoms with van der Waals surface area (Å²) in [5.74, 6) is 0. The van der Waals surface area contributed by atoms with Crippen LogP contribution in [0.3, 0.4) is 0 Å². The molecule has 0 aromatic rings. The SMILES string of the molecule is C1=CNC(NC2CCCCCC2)C=C1. The van der Waals surface area contributed by atoms with Gasteiger partial charge in [0.1, 0.15) is 0 Å². The molecule has 0 aromatic heterocycles. The van der Waals surface area contributed by atoms with Crippen LogP contribution < -0.4 is 10.6 Å². The number of hydrogen-bond donors (Lipinski definition) is 2. The van der Waals surface area contributed by atoms with Crippen LogP contribution in [-0.2, 0) is 0 Å². The molecule has 0 spiro atoms. The van der Waals surface area contributed by atoms with Gasteiger partial charge in [-0.3, -0.25) is 5.32 Å². The normalized spacial score (nSPS) is 28.4. The quantitative estimate of drug-likeness (QED) is 0.656. The molecule has 78 valence electrons. The van der Waals surface area contributed by atoms with Crippen LogP contribution in [-0.4, -0.2) is 12.2 Å². The Kier molecular flexibility index (Phi) is 3.64. The van der Waals surface area contributed by atoms with Crippen LogP contribution in [0.5, 0.6) is 0 Å². The van der Waals surface area contributed by atoms with Crippen LogP contribution in [0.15, 0.2) is 24.4 Å². The van der Waals surface area contributed by atoms with Crippen LogP contribution in [0.4, 0.5) is 0 Å². The number of nitrogens with one attached hydrogen (secondary N) is 2. The van der Waals surface area contributed by atoms with E-state index in [0.717, 1.165) is 0 Å². The average molecular weight is 192 g/mol. The van der Waals surface area contributed by atoms with E-state index in [9.17, 15) is 0 Å². The molecule has 0 bridgehead atoms. The van der Waals surface area contributed by atoms with Gasteiger partial charge in [0, 0.05) is 6.04 Å². The van der Waals surface area contributed by atoms with Gasteiger partial charge in [0.2, 0.25) is 0 Å². The lowest BCUT2D eigenvalue weighted by molar-refractivity contribution is 0.408. The van der Waals surface area contributed by atoms with Crippen LogP contribution in [0.25, 0.3) is 0 Å². The fraction of sp³-hybridized carbons (Fsp3) is 0.667. The van der Waals surface area contributed by atoms with Gasteiger partial charge < -0.3 is 5.32 Å². The fourth-order valence-electron chi connectivity index (χ4n) is 2.25. The van der Waals surface area contributed by atoms with Crippen molar-refractivity contribution in [3.8, 4) is 0 Å². The van der Waals surface area contributed by atoms with Gasteiger partial charge >= 0.3 is 0 Å². The van der Waals surface area contributed by atoms with Gasteiger partial charge in [0.25, 0.3) is 0 Å². The first-order chi connectivity index (χ1) is 6.95. The Balaban J connectivity index is 1.77. The van der Waals surface area contributed by atoms with Crippen LogP contribution >= 0.6 is 0 Å². The lowest BCUT2D eigenvalue weighted by Gasteiger charge is -2.24. The van der Waals surface area contributed by atoms with E-state index < -0.39 is 0 Å². The zero-order chi connectivity index (χ0) is 9.64. The smallest absolute Gasteiger partial charge is 0.0961 e. The van der Waals surface area contributed by atoms with Crippen molar-refractivity contribution in [3.05, 3.63) is 24.4 Å².